The third-order valence-corrected chi connectivity index (χ3v) is 11.1. The topological polar surface area (TPSA) is 0 Å². The number of allylic oxidation sites excluding steroid dienone is 3. The first-order valence-corrected chi connectivity index (χ1v) is 15.5. The highest BCUT2D eigenvalue weighted by atomic mass is 14.4. The molecule has 0 aromatic carbocycles. The second-order valence-electron chi connectivity index (χ2n) is 13.0. The second-order valence-corrected chi connectivity index (χ2v) is 13.0. The zero-order valence-corrected chi connectivity index (χ0v) is 22.2. The van der Waals surface area contributed by atoms with Gasteiger partial charge in [-0.3, -0.25) is 0 Å². The predicted octanol–water partition coefficient (Wildman–Crippen LogP) is 10.5. The molecule has 0 amide bonds. The molecule has 4 rings (SSSR count). The Hall–Kier alpha value is -0.520. The van der Waals surface area contributed by atoms with E-state index in [1.165, 1.54) is 103 Å². The lowest BCUT2D eigenvalue weighted by molar-refractivity contribution is 0.145. The summed E-state index contributed by atoms with van der Waals surface area (Å²) in [6.45, 7) is 6.34. The van der Waals surface area contributed by atoms with Crippen LogP contribution < -0.4 is 0 Å². The summed E-state index contributed by atoms with van der Waals surface area (Å²) in [4.78, 5) is 0. The Morgan fingerprint density at radius 2 is 0.758 bits per heavy atom. The molecule has 0 spiro atoms. The molecular formula is C33H56. The first-order chi connectivity index (χ1) is 16.2. The van der Waals surface area contributed by atoms with E-state index in [0.717, 1.165) is 47.3 Å². The lowest BCUT2D eigenvalue weighted by Crippen LogP contribution is -2.25. The Labute approximate surface area is 207 Å². The van der Waals surface area contributed by atoms with E-state index in [2.05, 4.69) is 31.7 Å². The molecule has 0 saturated heterocycles. The lowest BCUT2D eigenvalue weighted by atomic mass is 9.68. The van der Waals surface area contributed by atoms with Gasteiger partial charge < -0.3 is 0 Å². The highest BCUT2D eigenvalue weighted by Crippen LogP contribution is 2.44. The normalized spacial score (nSPS) is 40.6. The van der Waals surface area contributed by atoms with Crippen molar-refractivity contribution in [1.29, 1.82) is 0 Å². The van der Waals surface area contributed by atoms with Crippen LogP contribution >= 0.6 is 0 Å². The molecule has 0 aromatic rings. The zero-order chi connectivity index (χ0) is 22.9. The van der Waals surface area contributed by atoms with Crippen LogP contribution in [0.1, 0.15) is 135 Å². The van der Waals surface area contributed by atoms with Crippen LogP contribution in [-0.2, 0) is 0 Å². The van der Waals surface area contributed by atoms with Crippen LogP contribution in [0.5, 0.6) is 0 Å². The molecule has 4 fully saturated rings. The van der Waals surface area contributed by atoms with E-state index in [0.29, 0.717) is 0 Å². The summed E-state index contributed by atoms with van der Waals surface area (Å²) < 4.78 is 0. The largest absolute Gasteiger partial charge is 0.103 e. The van der Waals surface area contributed by atoms with Gasteiger partial charge in [0.1, 0.15) is 0 Å². The highest BCUT2D eigenvalue weighted by Gasteiger charge is 2.31. The molecule has 4 aliphatic carbocycles. The van der Waals surface area contributed by atoms with E-state index in [9.17, 15) is 0 Å². The molecule has 0 atom stereocenters. The van der Waals surface area contributed by atoms with Crippen molar-refractivity contribution in [2.75, 3.05) is 0 Å². The molecule has 0 aromatic heterocycles. The molecule has 0 aliphatic heterocycles. The monoisotopic (exact) mass is 452 g/mol. The molecule has 0 unspecified atom stereocenters. The molecular weight excluding hydrogens is 396 g/mol. The summed E-state index contributed by atoms with van der Waals surface area (Å²) >= 11 is 0. The average Bonchev–Trinajstić information content (AvgIpc) is 2.88. The molecule has 4 saturated carbocycles. The minimum absolute atomic E-state index is 0.955. The summed E-state index contributed by atoms with van der Waals surface area (Å²) in [7, 11) is 0. The van der Waals surface area contributed by atoms with Gasteiger partial charge >= 0.3 is 0 Å². The van der Waals surface area contributed by atoms with Gasteiger partial charge in [-0.05, 0) is 156 Å². The van der Waals surface area contributed by atoms with Crippen molar-refractivity contribution >= 4 is 0 Å². The van der Waals surface area contributed by atoms with E-state index in [4.69, 9.17) is 0 Å². The molecule has 188 valence electrons. The highest BCUT2D eigenvalue weighted by molar-refractivity contribution is 4.91. The Kier molecular flexibility index (Phi) is 10.5. The molecule has 0 N–H and O–H groups in total. The third kappa shape index (κ3) is 7.73. The molecule has 0 heterocycles. The van der Waals surface area contributed by atoms with Gasteiger partial charge in [0, 0.05) is 0 Å². The van der Waals surface area contributed by atoms with Crippen molar-refractivity contribution in [2.45, 2.75) is 135 Å². The summed E-state index contributed by atoms with van der Waals surface area (Å²) in [6.07, 6.45) is 37.1. The molecule has 0 radical (unpaired) electrons. The summed E-state index contributed by atoms with van der Waals surface area (Å²) in [5.74, 6) is 8.27. The van der Waals surface area contributed by atoms with E-state index in [1.54, 1.807) is 25.7 Å². The number of rotatable bonds is 9. The fourth-order valence-corrected chi connectivity index (χ4v) is 8.57. The molecule has 0 heteroatoms. The zero-order valence-electron chi connectivity index (χ0n) is 22.2. The first kappa shape index (κ1) is 25.6. The first-order valence-electron chi connectivity index (χ1n) is 15.5. The fourth-order valence-electron chi connectivity index (χ4n) is 8.57. The fraction of sp³-hybridized carbons (Fsp3) is 0.879. The summed E-state index contributed by atoms with van der Waals surface area (Å²) in [5.41, 5.74) is 0. The van der Waals surface area contributed by atoms with Gasteiger partial charge in [-0.1, -0.05) is 44.4 Å². The van der Waals surface area contributed by atoms with E-state index in [-0.39, 0.29) is 0 Å². The second kappa shape index (κ2) is 13.5. The van der Waals surface area contributed by atoms with Gasteiger partial charge in [-0.2, -0.15) is 0 Å². The minimum atomic E-state index is 0.955. The van der Waals surface area contributed by atoms with Crippen LogP contribution in [0.4, 0.5) is 0 Å². The smallest absolute Gasteiger partial charge is 0.0322 e. The van der Waals surface area contributed by atoms with Crippen molar-refractivity contribution in [3.05, 3.63) is 24.8 Å². The van der Waals surface area contributed by atoms with Crippen molar-refractivity contribution in [2.24, 2.45) is 47.3 Å². The Balaban J connectivity index is 1.06. The van der Waals surface area contributed by atoms with Gasteiger partial charge in [0.25, 0.3) is 0 Å². The SMILES string of the molecule is C=CCC1CCC(C2CCC(C/C=C/CC3CCC(C4CCC(CC)CC4)CC3)CC2)CC1. The molecule has 4 aliphatic rings. The average molecular weight is 453 g/mol. The van der Waals surface area contributed by atoms with Crippen molar-refractivity contribution in [3.8, 4) is 0 Å². The lowest BCUT2D eigenvalue weighted by Gasteiger charge is -2.38. The maximum absolute atomic E-state index is 3.95. The number of hydrogen-bond acceptors (Lipinski definition) is 0. The van der Waals surface area contributed by atoms with Gasteiger partial charge in [-0.25, -0.2) is 0 Å². The molecule has 0 bridgehead atoms. The van der Waals surface area contributed by atoms with Gasteiger partial charge in [0.15, 0.2) is 0 Å². The third-order valence-electron chi connectivity index (χ3n) is 11.1. The Morgan fingerprint density at radius 1 is 0.455 bits per heavy atom. The minimum Gasteiger partial charge on any atom is -0.103 e. The molecule has 33 heavy (non-hydrogen) atoms. The standard InChI is InChI=1S/C33H56/c1-3-7-27-12-20-31(21-13-27)33-24-16-29(17-25-33)9-6-5-8-28-14-22-32(23-15-28)30-18-10-26(4-2)11-19-30/h3,5-6,26-33H,1,4,7-25H2,2H3/b6-5+. The predicted molar refractivity (Wildman–Crippen MR) is 145 cm³/mol. The van der Waals surface area contributed by atoms with E-state index in [1.807, 2.05) is 0 Å². The van der Waals surface area contributed by atoms with Crippen molar-refractivity contribution in [3.63, 3.8) is 0 Å². The quantitative estimate of drug-likeness (QED) is 0.305. The summed E-state index contributed by atoms with van der Waals surface area (Å²) in [5, 5.41) is 0. The van der Waals surface area contributed by atoms with Gasteiger partial charge in [0.2, 0.25) is 0 Å². The van der Waals surface area contributed by atoms with E-state index < -0.39 is 0 Å². The number of hydrogen-bond donors (Lipinski definition) is 0. The van der Waals surface area contributed by atoms with Gasteiger partial charge in [0.05, 0.1) is 0 Å². The van der Waals surface area contributed by atoms with Crippen LogP contribution in [0.3, 0.4) is 0 Å². The van der Waals surface area contributed by atoms with Crippen molar-refractivity contribution < 1.29 is 0 Å². The van der Waals surface area contributed by atoms with Gasteiger partial charge in [-0.15, -0.1) is 6.58 Å². The van der Waals surface area contributed by atoms with Crippen LogP contribution in [0, 0.1) is 47.3 Å². The van der Waals surface area contributed by atoms with Crippen LogP contribution in [0.15, 0.2) is 24.8 Å². The van der Waals surface area contributed by atoms with Crippen molar-refractivity contribution in [1.82, 2.24) is 0 Å². The maximum atomic E-state index is 3.95. The van der Waals surface area contributed by atoms with Crippen LogP contribution in [0.25, 0.3) is 0 Å². The molecule has 0 nitrogen and oxygen atoms in total. The van der Waals surface area contributed by atoms with E-state index >= 15 is 0 Å². The van der Waals surface area contributed by atoms with Crippen LogP contribution in [-0.4, -0.2) is 0 Å². The maximum Gasteiger partial charge on any atom is -0.0322 e. The summed E-state index contributed by atoms with van der Waals surface area (Å²) in [6, 6.07) is 0. The van der Waals surface area contributed by atoms with Crippen LogP contribution in [0.2, 0.25) is 0 Å². The Bertz CT molecular complexity index is 555. The Morgan fingerprint density at radius 3 is 1.06 bits per heavy atom.